The van der Waals surface area contributed by atoms with Crippen LogP contribution < -0.4 is 20.5 Å². The number of pyridine rings is 1. The summed E-state index contributed by atoms with van der Waals surface area (Å²) in [5, 5.41) is 4.40. The SMILES string of the molecule is COc1cc(C)c(-c2cnc(N)nc2Nc2ccc3ncccc3c2)cc1OC. The Labute approximate surface area is 168 Å². The standard InChI is InChI=1S/C22H21N5O2/c1-13-9-19(28-2)20(29-3)11-16(13)17-12-25-22(23)27-21(17)26-15-6-7-18-14(10-15)5-4-8-24-18/h4-12H,1-3H3,(H3,23,25,26,27). The molecule has 0 bridgehead atoms. The van der Waals surface area contributed by atoms with Crippen molar-refractivity contribution in [2.45, 2.75) is 6.92 Å². The van der Waals surface area contributed by atoms with E-state index in [1.54, 1.807) is 26.6 Å². The average molecular weight is 387 g/mol. The zero-order chi connectivity index (χ0) is 20.4. The number of fused-ring (bicyclic) bond motifs is 1. The van der Waals surface area contributed by atoms with E-state index in [4.69, 9.17) is 15.2 Å². The summed E-state index contributed by atoms with van der Waals surface area (Å²) in [6, 6.07) is 13.7. The summed E-state index contributed by atoms with van der Waals surface area (Å²) >= 11 is 0. The number of benzene rings is 2. The Kier molecular flexibility index (Phi) is 4.87. The molecule has 7 nitrogen and oxygen atoms in total. The lowest BCUT2D eigenvalue weighted by Crippen LogP contribution is -2.03. The monoisotopic (exact) mass is 387 g/mol. The number of hydrogen-bond donors (Lipinski definition) is 2. The summed E-state index contributed by atoms with van der Waals surface area (Å²) in [7, 11) is 3.23. The van der Waals surface area contributed by atoms with E-state index < -0.39 is 0 Å². The van der Waals surface area contributed by atoms with Crippen molar-refractivity contribution in [3.05, 3.63) is 60.4 Å². The largest absolute Gasteiger partial charge is 0.493 e. The van der Waals surface area contributed by atoms with Crippen molar-refractivity contribution >= 4 is 28.4 Å². The van der Waals surface area contributed by atoms with E-state index in [2.05, 4.69) is 20.3 Å². The van der Waals surface area contributed by atoms with Crippen LogP contribution in [0.4, 0.5) is 17.5 Å². The van der Waals surface area contributed by atoms with Gasteiger partial charge in [-0.05, 0) is 54.4 Å². The maximum absolute atomic E-state index is 5.87. The van der Waals surface area contributed by atoms with E-state index in [0.29, 0.717) is 17.3 Å². The number of rotatable bonds is 5. The number of anilines is 3. The summed E-state index contributed by atoms with van der Waals surface area (Å²) in [6.45, 7) is 2.00. The van der Waals surface area contributed by atoms with Crippen molar-refractivity contribution in [1.29, 1.82) is 0 Å². The molecule has 7 heteroatoms. The Morgan fingerprint density at radius 3 is 2.52 bits per heavy atom. The van der Waals surface area contributed by atoms with E-state index in [0.717, 1.165) is 33.3 Å². The van der Waals surface area contributed by atoms with Crippen LogP contribution in [0.5, 0.6) is 11.5 Å². The molecular formula is C22H21N5O2. The third kappa shape index (κ3) is 3.62. The minimum atomic E-state index is 0.192. The Balaban J connectivity index is 1.80. The molecule has 0 atom stereocenters. The number of aryl methyl sites for hydroxylation is 1. The van der Waals surface area contributed by atoms with Gasteiger partial charge in [0.05, 0.1) is 19.7 Å². The van der Waals surface area contributed by atoms with Crippen LogP contribution in [0.2, 0.25) is 0 Å². The smallest absolute Gasteiger partial charge is 0.221 e. The van der Waals surface area contributed by atoms with Crippen LogP contribution in [0, 0.1) is 6.92 Å². The summed E-state index contributed by atoms with van der Waals surface area (Å²) in [5.41, 5.74) is 10.4. The third-order valence-corrected chi connectivity index (χ3v) is 4.69. The molecule has 3 N–H and O–H groups in total. The zero-order valence-electron chi connectivity index (χ0n) is 16.4. The first kappa shape index (κ1) is 18.5. The van der Waals surface area contributed by atoms with Crippen LogP contribution in [0.1, 0.15) is 5.56 Å². The van der Waals surface area contributed by atoms with Gasteiger partial charge in [-0.3, -0.25) is 4.98 Å². The molecule has 2 heterocycles. The summed E-state index contributed by atoms with van der Waals surface area (Å²) < 4.78 is 10.9. The molecule has 2 aromatic heterocycles. The van der Waals surface area contributed by atoms with E-state index in [9.17, 15) is 0 Å². The van der Waals surface area contributed by atoms with Crippen LogP contribution in [-0.4, -0.2) is 29.2 Å². The summed E-state index contributed by atoms with van der Waals surface area (Å²) in [5.74, 6) is 2.10. The third-order valence-electron chi connectivity index (χ3n) is 4.69. The molecule has 0 aliphatic rings. The quantitative estimate of drug-likeness (QED) is 0.526. The lowest BCUT2D eigenvalue weighted by atomic mass is 10.0. The molecule has 0 amide bonds. The number of nitrogens with two attached hydrogens (primary N) is 1. The topological polar surface area (TPSA) is 95.2 Å². The van der Waals surface area contributed by atoms with Gasteiger partial charge < -0.3 is 20.5 Å². The van der Waals surface area contributed by atoms with Gasteiger partial charge in [0.25, 0.3) is 0 Å². The maximum atomic E-state index is 5.87. The van der Waals surface area contributed by atoms with Gasteiger partial charge in [0.15, 0.2) is 11.5 Å². The van der Waals surface area contributed by atoms with Crippen molar-refractivity contribution in [3.63, 3.8) is 0 Å². The molecule has 0 unspecified atom stereocenters. The fraction of sp³-hybridized carbons (Fsp3) is 0.136. The Morgan fingerprint density at radius 2 is 1.72 bits per heavy atom. The number of nitrogens with one attached hydrogen (secondary N) is 1. The highest BCUT2D eigenvalue weighted by molar-refractivity contribution is 5.86. The van der Waals surface area contributed by atoms with Crippen molar-refractivity contribution in [2.24, 2.45) is 0 Å². The van der Waals surface area contributed by atoms with Gasteiger partial charge >= 0.3 is 0 Å². The number of nitrogen functional groups attached to an aromatic ring is 1. The van der Waals surface area contributed by atoms with Crippen molar-refractivity contribution in [2.75, 3.05) is 25.3 Å². The van der Waals surface area contributed by atoms with Gasteiger partial charge in [-0.2, -0.15) is 4.98 Å². The molecule has 4 aromatic rings. The van der Waals surface area contributed by atoms with Gasteiger partial charge in [-0.25, -0.2) is 4.98 Å². The second-order valence-corrected chi connectivity index (χ2v) is 6.55. The van der Waals surface area contributed by atoms with Crippen molar-refractivity contribution in [3.8, 4) is 22.6 Å². The minimum absolute atomic E-state index is 0.192. The van der Waals surface area contributed by atoms with Crippen LogP contribution in [0.3, 0.4) is 0 Å². The molecule has 0 saturated heterocycles. The molecule has 4 rings (SSSR count). The van der Waals surface area contributed by atoms with Crippen LogP contribution in [0.25, 0.3) is 22.0 Å². The highest BCUT2D eigenvalue weighted by Crippen LogP contribution is 2.38. The number of ether oxygens (including phenoxy) is 2. The molecule has 0 aliphatic heterocycles. The summed E-state index contributed by atoms with van der Waals surface area (Å²) in [6.07, 6.45) is 3.49. The van der Waals surface area contributed by atoms with Crippen LogP contribution in [0.15, 0.2) is 54.9 Å². The second kappa shape index (κ2) is 7.63. The molecule has 0 aliphatic carbocycles. The molecule has 0 radical (unpaired) electrons. The lowest BCUT2D eigenvalue weighted by Gasteiger charge is -2.16. The number of methoxy groups -OCH3 is 2. The maximum Gasteiger partial charge on any atom is 0.221 e. The van der Waals surface area contributed by atoms with Crippen LogP contribution >= 0.6 is 0 Å². The summed E-state index contributed by atoms with van der Waals surface area (Å²) in [4.78, 5) is 13.0. The van der Waals surface area contributed by atoms with E-state index >= 15 is 0 Å². The highest BCUT2D eigenvalue weighted by Gasteiger charge is 2.15. The minimum Gasteiger partial charge on any atom is -0.493 e. The number of aromatic nitrogens is 3. The van der Waals surface area contributed by atoms with Gasteiger partial charge in [0, 0.05) is 29.0 Å². The number of nitrogens with zero attached hydrogens (tertiary/aromatic N) is 3. The van der Waals surface area contributed by atoms with Crippen molar-refractivity contribution < 1.29 is 9.47 Å². The van der Waals surface area contributed by atoms with E-state index in [1.807, 2.05) is 49.4 Å². The predicted octanol–water partition coefficient (Wildman–Crippen LogP) is 4.34. The van der Waals surface area contributed by atoms with Crippen LogP contribution in [-0.2, 0) is 0 Å². The predicted molar refractivity (Wildman–Crippen MR) is 115 cm³/mol. The number of hydrogen-bond acceptors (Lipinski definition) is 7. The normalized spacial score (nSPS) is 10.7. The lowest BCUT2D eigenvalue weighted by molar-refractivity contribution is 0.355. The fourth-order valence-corrected chi connectivity index (χ4v) is 3.25. The molecule has 2 aromatic carbocycles. The first-order valence-corrected chi connectivity index (χ1v) is 9.06. The van der Waals surface area contributed by atoms with E-state index in [1.165, 1.54) is 0 Å². The Hall–Kier alpha value is -3.87. The molecule has 0 fully saturated rings. The Morgan fingerprint density at radius 1 is 0.931 bits per heavy atom. The molecule has 0 saturated carbocycles. The average Bonchev–Trinajstić information content (AvgIpc) is 2.74. The van der Waals surface area contributed by atoms with Gasteiger partial charge in [-0.15, -0.1) is 0 Å². The Bertz CT molecular complexity index is 1190. The fourth-order valence-electron chi connectivity index (χ4n) is 3.25. The zero-order valence-corrected chi connectivity index (χ0v) is 16.4. The highest BCUT2D eigenvalue weighted by atomic mass is 16.5. The molecule has 29 heavy (non-hydrogen) atoms. The molecule has 0 spiro atoms. The first-order valence-electron chi connectivity index (χ1n) is 9.06. The molecule has 146 valence electrons. The molecular weight excluding hydrogens is 366 g/mol. The second-order valence-electron chi connectivity index (χ2n) is 6.55. The van der Waals surface area contributed by atoms with Crippen molar-refractivity contribution in [1.82, 2.24) is 15.0 Å². The first-order chi connectivity index (χ1) is 14.1. The van der Waals surface area contributed by atoms with Gasteiger partial charge in [-0.1, -0.05) is 6.07 Å². The van der Waals surface area contributed by atoms with Gasteiger partial charge in [0.1, 0.15) is 5.82 Å². The van der Waals surface area contributed by atoms with Gasteiger partial charge in [0.2, 0.25) is 5.95 Å². The van der Waals surface area contributed by atoms with E-state index in [-0.39, 0.29) is 5.95 Å².